The Morgan fingerprint density at radius 3 is 2.89 bits per heavy atom. The molecule has 1 aromatic heterocycles. The first-order valence-electron chi connectivity index (χ1n) is 6.62. The van der Waals surface area contributed by atoms with Crippen molar-refractivity contribution in [1.82, 2.24) is 15.2 Å². The average molecular weight is 267 g/mol. The highest BCUT2D eigenvalue weighted by Gasteiger charge is 2.30. The Hall–Kier alpha value is -0.940. The first kappa shape index (κ1) is 13.5. The van der Waals surface area contributed by atoms with Gasteiger partial charge in [-0.15, -0.1) is 11.3 Å². The van der Waals surface area contributed by atoms with Gasteiger partial charge in [0.05, 0.1) is 5.01 Å². The summed E-state index contributed by atoms with van der Waals surface area (Å²) >= 11 is 1.54. The molecule has 18 heavy (non-hydrogen) atoms. The topological polar surface area (TPSA) is 45.2 Å². The van der Waals surface area contributed by atoms with E-state index >= 15 is 0 Å². The van der Waals surface area contributed by atoms with Crippen molar-refractivity contribution in [3.8, 4) is 0 Å². The van der Waals surface area contributed by atoms with Crippen LogP contribution >= 0.6 is 11.3 Å². The molecule has 0 radical (unpaired) electrons. The number of nitrogens with zero attached hydrogens (tertiary/aromatic N) is 2. The van der Waals surface area contributed by atoms with E-state index in [1.54, 1.807) is 0 Å². The third-order valence-corrected chi connectivity index (χ3v) is 4.34. The van der Waals surface area contributed by atoms with E-state index in [1.807, 2.05) is 17.2 Å². The number of hydrogen-bond donors (Lipinski definition) is 1. The summed E-state index contributed by atoms with van der Waals surface area (Å²) in [6.07, 6.45) is 2.04. The summed E-state index contributed by atoms with van der Waals surface area (Å²) < 4.78 is 0. The Morgan fingerprint density at radius 1 is 1.56 bits per heavy atom. The molecule has 1 N–H and O–H groups in total. The van der Waals surface area contributed by atoms with Gasteiger partial charge in [0.1, 0.15) is 5.69 Å². The number of nitrogens with one attached hydrogen (secondary N) is 1. The van der Waals surface area contributed by atoms with Crippen LogP contribution in [0.4, 0.5) is 0 Å². The highest BCUT2D eigenvalue weighted by atomic mass is 32.1. The maximum absolute atomic E-state index is 12.5. The number of piperazine rings is 1. The van der Waals surface area contributed by atoms with Crippen LogP contribution in [0.1, 0.15) is 42.2 Å². The van der Waals surface area contributed by atoms with Crippen LogP contribution in [0.15, 0.2) is 5.38 Å². The molecule has 0 saturated carbocycles. The molecule has 0 aliphatic carbocycles. The number of amides is 1. The van der Waals surface area contributed by atoms with Gasteiger partial charge < -0.3 is 10.2 Å². The molecular weight excluding hydrogens is 246 g/mol. The van der Waals surface area contributed by atoms with Gasteiger partial charge in [-0.25, -0.2) is 4.98 Å². The lowest BCUT2D eigenvalue weighted by atomic mass is 10.0. The van der Waals surface area contributed by atoms with Gasteiger partial charge in [-0.1, -0.05) is 13.8 Å². The van der Waals surface area contributed by atoms with Gasteiger partial charge >= 0.3 is 0 Å². The third kappa shape index (κ3) is 2.72. The predicted molar refractivity (Wildman–Crippen MR) is 74.0 cm³/mol. The van der Waals surface area contributed by atoms with Crippen molar-refractivity contribution in [1.29, 1.82) is 0 Å². The summed E-state index contributed by atoms with van der Waals surface area (Å²) in [5.41, 5.74) is 0.604. The molecule has 1 aromatic rings. The van der Waals surface area contributed by atoms with Crippen LogP contribution in [0.5, 0.6) is 0 Å². The van der Waals surface area contributed by atoms with Gasteiger partial charge in [-0.2, -0.15) is 0 Å². The molecule has 1 fully saturated rings. The van der Waals surface area contributed by atoms with Gasteiger partial charge in [-0.3, -0.25) is 4.79 Å². The summed E-state index contributed by atoms with van der Waals surface area (Å²) in [5.74, 6) is 0.0890. The molecule has 2 unspecified atom stereocenters. The Bertz CT molecular complexity index is 418. The fourth-order valence-corrected chi connectivity index (χ4v) is 2.95. The quantitative estimate of drug-likeness (QED) is 0.911. The first-order chi connectivity index (χ1) is 8.65. The monoisotopic (exact) mass is 267 g/mol. The number of thiazole rings is 1. The minimum absolute atomic E-state index is 0.0890. The summed E-state index contributed by atoms with van der Waals surface area (Å²) in [6, 6.07) is 0.707. The van der Waals surface area contributed by atoms with Crippen molar-refractivity contribution in [2.75, 3.05) is 13.1 Å². The maximum Gasteiger partial charge on any atom is 0.273 e. The summed E-state index contributed by atoms with van der Waals surface area (Å²) in [7, 11) is 0. The van der Waals surface area contributed by atoms with E-state index in [4.69, 9.17) is 0 Å². The molecule has 0 aromatic carbocycles. The molecule has 0 bridgehead atoms. The van der Waals surface area contributed by atoms with Crippen LogP contribution < -0.4 is 5.32 Å². The Labute approximate surface area is 112 Å². The van der Waals surface area contributed by atoms with Crippen molar-refractivity contribution in [2.24, 2.45) is 0 Å². The molecule has 1 saturated heterocycles. The highest BCUT2D eigenvalue weighted by molar-refractivity contribution is 7.09. The Balaban J connectivity index is 2.14. The van der Waals surface area contributed by atoms with E-state index in [0.717, 1.165) is 30.9 Å². The van der Waals surface area contributed by atoms with Gasteiger partial charge in [0.2, 0.25) is 0 Å². The summed E-state index contributed by atoms with van der Waals surface area (Å²) in [4.78, 5) is 18.8. The van der Waals surface area contributed by atoms with Crippen LogP contribution in [0.25, 0.3) is 0 Å². The van der Waals surface area contributed by atoms with E-state index in [1.165, 1.54) is 11.3 Å². The van der Waals surface area contributed by atoms with E-state index in [9.17, 15) is 4.79 Å². The third-order valence-electron chi connectivity index (χ3n) is 3.56. The number of hydrogen-bond acceptors (Lipinski definition) is 4. The lowest BCUT2D eigenvalue weighted by molar-refractivity contribution is 0.0570. The second-order valence-electron chi connectivity index (χ2n) is 4.78. The normalized spacial score (nSPS) is 24.3. The molecule has 1 amide bonds. The second-order valence-corrected chi connectivity index (χ2v) is 5.85. The first-order valence-corrected chi connectivity index (χ1v) is 7.50. The molecule has 2 rings (SSSR count). The van der Waals surface area contributed by atoms with E-state index in [0.29, 0.717) is 17.8 Å². The zero-order valence-corrected chi connectivity index (χ0v) is 12.1. The zero-order valence-electron chi connectivity index (χ0n) is 11.3. The molecule has 2 heterocycles. The number of carbonyl (C=O) groups is 1. The standard InChI is InChI=1S/C13H21N3OS/c1-4-10-7-16(11(5-2)6-14-10)13(17)12-8-18-9(3)15-12/h8,10-11,14H,4-7H2,1-3H3. The molecule has 1 aliphatic heterocycles. The molecular formula is C13H21N3OS. The van der Waals surface area contributed by atoms with E-state index in [2.05, 4.69) is 24.1 Å². The summed E-state index contributed by atoms with van der Waals surface area (Å²) in [5, 5.41) is 6.32. The van der Waals surface area contributed by atoms with Gasteiger partial charge in [0, 0.05) is 30.6 Å². The van der Waals surface area contributed by atoms with Crippen molar-refractivity contribution in [3.63, 3.8) is 0 Å². The predicted octanol–water partition coefficient (Wildman–Crippen LogP) is 2.05. The van der Waals surface area contributed by atoms with Crippen LogP contribution in [0.3, 0.4) is 0 Å². The fraction of sp³-hybridized carbons (Fsp3) is 0.692. The Morgan fingerprint density at radius 2 is 2.33 bits per heavy atom. The molecule has 0 spiro atoms. The molecule has 100 valence electrons. The van der Waals surface area contributed by atoms with Crippen molar-refractivity contribution in [3.05, 3.63) is 16.1 Å². The van der Waals surface area contributed by atoms with Crippen LogP contribution in [-0.2, 0) is 0 Å². The minimum atomic E-state index is 0.0890. The van der Waals surface area contributed by atoms with Crippen LogP contribution in [0, 0.1) is 6.92 Å². The highest BCUT2D eigenvalue weighted by Crippen LogP contribution is 2.17. The number of aromatic nitrogens is 1. The SMILES string of the molecule is CCC1CN(C(=O)c2csc(C)n2)C(CC)CN1. The number of rotatable bonds is 3. The van der Waals surface area contributed by atoms with Crippen molar-refractivity contribution >= 4 is 17.2 Å². The minimum Gasteiger partial charge on any atom is -0.331 e. The Kier molecular flexibility index (Phi) is 4.35. The number of aryl methyl sites for hydroxylation is 1. The summed E-state index contributed by atoms with van der Waals surface area (Å²) in [6.45, 7) is 7.91. The molecule has 2 atom stereocenters. The fourth-order valence-electron chi connectivity index (χ4n) is 2.36. The average Bonchev–Trinajstić information content (AvgIpc) is 2.83. The lowest BCUT2D eigenvalue weighted by Gasteiger charge is -2.39. The van der Waals surface area contributed by atoms with Gasteiger partial charge in [-0.05, 0) is 19.8 Å². The maximum atomic E-state index is 12.5. The largest absolute Gasteiger partial charge is 0.331 e. The van der Waals surface area contributed by atoms with Gasteiger partial charge in [0.25, 0.3) is 5.91 Å². The zero-order chi connectivity index (χ0) is 13.1. The molecule has 5 heteroatoms. The van der Waals surface area contributed by atoms with E-state index in [-0.39, 0.29) is 5.91 Å². The smallest absolute Gasteiger partial charge is 0.273 e. The molecule has 1 aliphatic rings. The van der Waals surface area contributed by atoms with Crippen LogP contribution in [0.2, 0.25) is 0 Å². The lowest BCUT2D eigenvalue weighted by Crippen LogP contribution is -2.57. The second kappa shape index (κ2) is 5.80. The molecule has 4 nitrogen and oxygen atoms in total. The van der Waals surface area contributed by atoms with Gasteiger partial charge in [0.15, 0.2) is 0 Å². The van der Waals surface area contributed by atoms with E-state index < -0.39 is 0 Å². The van der Waals surface area contributed by atoms with Crippen molar-refractivity contribution in [2.45, 2.75) is 45.7 Å². The van der Waals surface area contributed by atoms with Crippen molar-refractivity contribution < 1.29 is 4.79 Å². The number of carbonyl (C=O) groups excluding carboxylic acids is 1. The van der Waals surface area contributed by atoms with Crippen LogP contribution in [-0.4, -0.2) is 41.0 Å².